The summed E-state index contributed by atoms with van der Waals surface area (Å²) >= 11 is 0. The lowest BCUT2D eigenvalue weighted by Crippen LogP contribution is -2.51. The minimum absolute atomic E-state index is 0.404. The highest BCUT2D eigenvalue weighted by molar-refractivity contribution is 4.84. The van der Waals surface area contributed by atoms with E-state index in [0.717, 1.165) is 13.2 Å². The number of hydrogen-bond acceptors (Lipinski definition) is 3. The van der Waals surface area contributed by atoms with Gasteiger partial charge in [-0.05, 0) is 45.2 Å². The van der Waals surface area contributed by atoms with Crippen molar-refractivity contribution in [1.29, 1.82) is 0 Å². The molecule has 2 fully saturated rings. The van der Waals surface area contributed by atoms with Gasteiger partial charge in [0, 0.05) is 19.2 Å². The lowest BCUT2D eigenvalue weighted by molar-refractivity contribution is -0.0429. The molecule has 2 saturated heterocycles. The van der Waals surface area contributed by atoms with E-state index in [-0.39, 0.29) is 0 Å². The molecule has 0 spiro atoms. The van der Waals surface area contributed by atoms with Crippen LogP contribution in [0, 0.1) is 0 Å². The average molecular weight is 212 g/mol. The summed E-state index contributed by atoms with van der Waals surface area (Å²) in [6, 6.07) is 0.477. The van der Waals surface area contributed by atoms with E-state index in [2.05, 4.69) is 4.90 Å². The normalized spacial score (nSPS) is 31.4. The standard InChI is InChI=1S/C12H24N2O/c13-10-11(12-6-2-5-9-15-12)14-7-3-1-4-8-14/h11-12H,1-10,13H2. The number of likely N-dealkylation sites (tertiary alicyclic amines) is 1. The minimum atomic E-state index is 0.404. The molecule has 0 aromatic heterocycles. The van der Waals surface area contributed by atoms with Gasteiger partial charge < -0.3 is 10.5 Å². The van der Waals surface area contributed by atoms with Gasteiger partial charge in [0.1, 0.15) is 0 Å². The first kappa shape index (κ1) is 11.4. The van der Waals surface area contributed by atoms with E-state index in [4.69, 9.17) is 10.5 Å². The summed E-state index contributed by atoms with van der Waals surface area (Å²) in [5, 5.41) is 0. The van der Waals surface area contributed by atoms with Crippen molar-refractivity contribution < 1.29 is 4.74 Å². The maximum absolute atomic E-state index is 5.91. The molecular weight excluding hydrogens is 188 g/mol. The molecule has 88 valence electrons. The number of piperidine rings is 1. The Bertz CT molecular complexity index is 156. The molecule has 0 amide bonds. The average Bonchev–Trinajstić information content (AvgIpc) is 2.33. The highest BCUT2D eigenvalue weighted by atomic mass is 16.5. The number of nitrogens with two attached hydrogens (primary N) is 1. The molecule has 0 saturated carbocycles. The van der Waals surface area contributed by atoms with Crippen LogP contribution in [0.15, 0.2) is 0 Å². The third kappa shape index (κ3) is 2.92. The van der Waals surface area contributed by atoms with Gasteiger partial charge in [0.15, 0.2) is 0 Å². The van der Waals surface area contributed by atoms with Crippen LogP contribution in [0.4, 0.5) is 0 Å². The third-order valence-corrected chi connectivity index (χ3v) is 3.75. The Morgan fingerprint density at radius 1 is 1.13 bits per heavy atom. The van der Waals surface area contributed by atoms with Crippen LogP contribution in [0.2, 0.25) is 0 Å². The van der Waals surface area contributed by atoms with Gasteiger partial charge in [-0.25, -0.2) is 0 Å². The van der Waals surface area contributed by atoms with E-state index >= 15 is 0 Å². The lowest BCUT2D eigenvalue weighted by atomic mass is 9.98. The van der Waals surface area contributed by atoms with Gasteiger partial charge in [0.25, 0.3) is 0 Å². The zero-order chi connectivity index (χ0) is 10.5. The SMILES string of the molecule is NCC(C1CCCCO1)N1CCCCC1. The Labute approximate surface area is 93.0 Å². The summed E-state index contributed by atoms with van der Waals surface area (Å²) in [5.74, 6) is 0. The molecule has 0 bridgehead atoms. The van der Waals surface area contributed by atoms with Gasteiger partial charge in [-0.3, -0.25) is 4.90 Å². The third-order valence-electron chi connectivity index (χ3n) is 3.75. The molecule has 15 heavy (non-hydrogen) atoms. The summed E-state index contributed by atoms with van der Waals surface area (Å²) in [5.41, 5.74) is 5.91. The predicted octanol–water partition coefficient (Wildman–Crippen LogP) is 1.37. The smallest absolute Gasteiger partial charge is 0.0742 e. The van der Waals surface area contributed by atoms with E-state index in [9.17, 15) is 0 Å². The molecule has 2 aliphatic heterocycles. The summed E-state index contributed by atoms with van der Waals surface area (Å²) in [6.45, 7) is 4.14. The molecule has 0 aromatic rings. The van der Waals surface area contributed by atoms with Gasteiger partial charge in [0.2, 0.25) is 0 Å². The van der Waals surface area contributed by atoms with Crippen LogP contribution in [0.1, 0.15) is 38.5 Å². The Morgan fingerprint density at radius 2 is 1.93 bits per heavy atom. The van der Waals surface area contributed by atoms with Crippen molar-refractivity contribution in [2.24, 2.45) is 5.73 Å². The van der Waals surface area contributed by atoms with Crippen LogP contribution >= 0.6 is 0 Å². The summed E-state index contributed by atoms with van der Waals surface area (Å²) < 4.78 is 5.86. The van der Waals surface area contributed by atoms with Gasteiger partial charge >= 0.3 is 0 Å². The van der Waals surface area contributed by atoms with Gasteiger partial charge in [-0.15, -0.1) is 0 Å². The molecular formula is C12H24N2O. The zero-order valence-corrected chi connectivity index (χ0v) is 9.66. The Morgan fingerprint density at radius 3 is 2.53 bits per heavy atom. The second kappa shape index (κ2) is 5.83. The summed E-state index contributed by atoms with van der Waals surface area (Å²) in [7, 11) is 0. The quantitative estimate of drug-likeness (QED) is 0.768. The molecule has 0 aromatic carbocycles. The van der Waals surface area contributed by atoms with Gasteiger partial charge in [-0.1, -0.05) is 6.42 Å². The minimum Gasteiger partial charge on any atom is -0.377 e. The summed E-state index contributed by atoms with van der Waals surface area (Å²) in [6.07, 6.45) is 8.22. The highest BCUT2D eigenvalue weighted by Crippen LogP contribution is 2.21. The largest absolute Gasteiger partial charge is 0.377 e. The lowest BCUT2D eigenvalue weighted by Gasteiger charge is -2.39. The first-order chi connectivity index (χ1) is 7.42. The molecule has 2 rings (SSSR count). The van der Waals surface area contributed by atoms with Crippen LogP contribution < -0.4 is 5.73 Å². The first-order valence-corrected chi connectivity index (χ1v) is 6.47. The molecule has 0 radical (unpaired) electrons. The number of hydrogen-bond donors (Lipinski definition) is 1. The molecule has 3 nitrogen and oxygen atoms in total. The van der Waals surface area contributed by atoms with Crippen LogP contribution in [0.25, 0.3) is 0 Å². The molecule has 2 N–H and O–H groups in total. The van der Waals surface area contributed by atoms with Crippen molar-refractivity contribution in [3.63, 3.8) is 0 Å². The fraction of sp³-hybridized carbons (Fsp3) is 1.00. The van der Waals surface area contributed by atoms with Crippen molar-refractivity contribution >= 4 is 0 Å². The maximum atomic E-state index is 5.91. The second-order valence-corrected chi connectivity index (χ2v) is 4.80. The van der Waals surface area contributed by atoms with Crippen molar-refractivity contribution in [3.8, 4) is 0 Å². The second-order valence-electron chi connectivity index (χ2n) is 4.80. The van der Waals surface area contributed by atoms with Crippen molar-refractivity contribution in [2.75, 3.05) is 26.2 Å². The number of ether oxygens (including phenoxy) is 1. The molecule has 2 atom stereocenters. The molecule has 2 aliphatic rings. The molecule has 0 aliphatic carbocycles. The maximum Gasteiger partial charge on any atom is 0.0742 e. The van der Waals surface area contributed by atoms with Crippen LogP contribution in [0.5, 0.6) is 0 Å². The summed E-state index contributed by atoms with van der Waals surface area (Å²) in [4.78, 5) is 2.56. The van der Waals surface area contributed by atoms with Crippen molar-refractivity contribution in [3.05, 3.63) is 0 Å². The Balaban J connectivity index is 1.88. The Hall–Kier alpha value is -0.120. The predicted molar refractivity (Wildman–Crippen MR) is 61.9 cm³/mol. The van der Waals surface area contributed by atoms with Crippen LogP contribution in [-0.4, -0.2) is 43.3 Å². The van der Waals surface area contributed by atoms with Crippen molar-refractivity contribution in [1.82, 2.24) is 4.90 Å². The fourth-order valence-electron chi connectivity index (χ4n) is 2.86. The van der Waals surface area contributed by atoms with Crippen LogP contribution in [0.3, 0.4) is 0 Å². The first-order valence-electron chi connectivity index (χ1n) is 6.47. The van der Waals surface area contributed by atoms with Gasteiger partial charge in [0.05, 0.1) is 6.10 Å². The van der Waals surface area contributed by atoms with Crippen molar-refractivity contribution in [2.45, 2.75) is 50.7 Å². The van der Waals surface area contributed by atoms with E-state index in [1.54, 1.807) is 0 Å². The molecule has 2 unspecified atom stereocenters. The van der Waals surface area contributed by atoms with E-state index in [1.807, 2.05) is 0 Å². The monoisotopic (exact) mass is 212 g/mol. The highest BCUT2D eigenvalue weighted by Gasteiger charge is 2.29. The molecule has 3 heteroatoms. The number of rotatable bonds is 3. The Kier molecular flexibility index (Phi) is 4.42. The molecule has 2 heterocycles. The number of nitrogens with zero attached hydrogens (tertiary/aromatic N) is 1. The zero-order valence-electron chi connectivity index (χ0n) is 9.66. The fourth-order valence-corrected chi connectivity index (χ4v) is 2.86. The van der Waals surface area contributed by atoms with E-state index < -0.39 is 0 Å². The van der Waals surface area contributed by atoms with E-state index in [0.29, 0.717) is 12.1 Å². The van der Waals surface area contributed by atoms with Crippen LogP contribution in [-0.2, 0) is 4.74 Å². The van der Waals surface area contributed by atoms with Gasteiger partial charge in [-0.2, -0.15) is 0 Å². The van der Waals surface area contributed by atoms with E-state index in [1.165, 1.54) is 51.6 Å². The topological polar surface area (TPSA) is 38.5 Å².